The minimum Gasteiger partial charge on any atom is -0.475 e. The highest BCUT2D eigenvalue weighted by atomic mass is 79.9. The molecule has 5 heteroatoms. The summed E-state index contributed by atoms with van der Waals surface area (Å²) in [6, 6.07) is 0. The Labute approximate surface area is 77.7 Å². The van der Waals surface area contributed by atoms with E-state index in [1.54, 1.807) is 6.20 Å². The number of aromatic nitrogens is 2. The van der Waals surface area contributed by atoms with Crippen molar-refractivity contribution in [2.45, 2.75) is 6.54 Å². The Balaban J connectivity index is 2.91. The smallest absolute Gasteiger partial charge is 0.372 e. The van der Waals surface area contributed by atoms with Gasteiger partial charge in [-0.05, 0) is 0 Å². The maximum absolute atomic E-state index is 10.5. The van der Waals surface area contributed by atoms with E-state index in [9.17, 15) is 4.79 Å². The van der Waals surface area contributed by atoms with Gasteiger partial charge in [0.1, 0.15) is 0 Å². The van der Waals surface area contributed by atoms with Crippen LogP contribution in [0, 0.1) is 0 Å². The van der Waals surface area contributed by atoms with Crippen molar-refractivity contribution in [3.63, 3.8) is 0 Å². The van der Waals surface area contributed by atoms with Gasteiger partial charge >= 0.3 is 5.97 Å². The molecule has 1 aromatic heterocycles. The van der Waals surface area contributed by atoms with Crippen molar-refractivity contribution in [1.82, 2.24) is 9.55 Å². The molecule has 1 rings (SSSR count). The van der Waals surface area contributed by atoms with Crippen LogP contribution in [0.3, 0.4) is 0 Å². The normalized spacial score (nSPS) is 9.75. The molecule has 64 valence electrons. The van der Waals surface area contributed by atoms with Crippen molar-refractivity contribution >= 4 is 21.9 Å². The molecule has 0 radical (unpaired) electrons. The standard InChI is InChI=1S/C7H7BrN2O2/c1-5(8)4-10-3-2-9-6(10)7(11)12/h2-3H,1,4H2,(H,11,12). The van der Waals surface area contributed by atoms with Crippen molar-refractivity contribution in [3.8, 4) is 0 Å². The maximum atomic E-state index is 10.5. The molecule has 1 heterocycles. The van der Waals surface area contributed by atoms with Gasteiger partial charge in [-0.15, -0.1) is 0 Å². The lowest BCUT2D eigenvalue weighted by Gasteiger charge is -2.01. The van der Waals surface area contributed by atoms with Gasteiger partial charge in [-0.25, -0.2) is 9.78 Å². The first-order valence-corrected chi connectivity index (χ1v) is 3.98. The van der Waals surface area contributed by atoms with Crippen LogP contribution in [0.25, 0.3) is 0 Å². The third-order valence-corrected chi connectivity index (χ3v) is 1.50. The Morgan fingerprint density at radius 1 is 1.83 bits per heavy atom. The van der Waals surface area contributed by atoms with Crippen molar-refractivity contribution in [2.24, 2.45) is 0 Å². The van der Waals surface area contributed by atoms with E-state index in [4.69, 9.17) is 5.11 Å². The number of carboxylic acids is 1. The molecule has 0 unspecified atom stereocenters. The fourth-order valence-electron chi connectivity index (χ4n) is 0.820. The number of nitrogens with zero attached hydrogens (tertiary/aromatic N) is 2. The quantitative estimate of drug-likeness (QED) is 0.857. The van der Waals surface area contributed by atoms with Crippen LogP contribution in [0.5, 0.6) is 0 Å². The Kier molecular flexibility index (Phi) is 2.65. The van der Waals surface area contributed by atoms with Crippen molar-refractivity contribution < 1.29 is 9.90 Å². The van der Waals surface area contributed by atoms with Gasteiger partial charge in [0.2, 0.25) is 5.82 Å². The van der Waals surface area contributed by atoms with Gasteiger partial charge in [0.05, 0.1) is 6.54 Å². The van der Waals surface area contributed by atoms with E-state index in [1.165, 1.54) is 10.8 Å². The molecule has 0 aliphatic carbocycles. The van der Waals surface area contributed by atoms with Crippen LogP contribution in [0.1, 0.15) is 10.6 Å². The van der Waals surface area contributed by atoms with Crippen LogP contribution in [-0.4, -0.2) is 20.6 Å². The lowest BCUT2D eigenvalue weighted by atomic mass is 10.5. The first-order valence-electron chi connectivity index (χ1n) is 3.19. The van der Waals surface area contributed by atoms with E-state index in [2.05, 4.69) is 27.5 Å². The van der Waals surface area contributed by atoms with Crippen LogP contribution >= 0.6 is 15.9 Å². The number of allylic oxidation sites excluding steroid dienone is 1. The molecule has 0 fully saturated rings. The third-order valence-electron chi connectivity index (χ3n) is 1.25. The molecule has 0 saturated carbocycles. The summed E-state index contributed by atoms with van der Waals surface area (Å²) in [7, 11) is 0. The monoisotopic (exact) mass is 230 g/mol. The van der Waals surface area contributed by atoms with E-state index < -0.39 is 5.97 Å². The molecule has 0 bridgehead atoms. The fourth-order valence-corrected chi connectivity index (χ4v) is 1.09. The highest BCUT2D eigenvalue weighted by molar-refractivity contribution is 9.11. The predicted molar refractivity (Wildman–Crippen MR) is 47.3 cm³/mol. The van der Waals surface area contributed by atoms with E-state index >= 15 is 0 Å². The summed E-state index contributed by atoms with van der Waals surface area (Å²) in [6.07, 6.45) is 3.04. The molecule has 4 nitrogen and oxygen atoms in total. The number of carboxylic acid groups (broad SMARTS) is 1. The van der Waals surface area contributed by atoms with E-state index in [0.29, 0.717) is 11.0 Å². The van der Waals surface area contributed by atoms with Gasteiger partial charge in [-0.1, -0.05) is 22.5 Å². The molecule has 1 aromatic rings. The summed E-state index contributed by atoms with van der Waals surface area (Å²) in [6.45, 7) is 4.02. The average molecular weight is 231 g/mol. The minimum atomic E-state index is -1.03. The Morgan fingerprint density at radius 3 is 3.00 bits per heavy atom. The van der Waals surface area contributed by atoms with Crippen LogP contribution in [0.2, 0.25) is 0 Å². The predicted octanol–water partition coefficient (Wildman–Crippen LogP) is 1.49. The second kappa shape index (κ2) is 3.53. The van der Waals surface area contributed by atoms with Crippen molar-refractivity contribution in [2.75, 3.05) is 0 Å². The van der Waals surface area contributed by atoms with E-state index in [1.807, 2.05) is 0 Å². The largest absolute Gasteiger partial charge is 0.475 e. The molecule has 0 spiro atoms. The van der Waals surface area contributed by atoms with Gasteiger partial charge in [-0.3, -0.25) is 0 Å². The summed E-state index contributed by atoms with van der Waals surface area (Å²) in [4.78, 5) is 14.2. The molecule has 12 heavy (non-hydrogen) atoms. The number of hydrogen-bond acceptors (Lipinski definition) is 2. The number of imidazole rings is 1. The average Bonchev–Trinajstić information content (AvgIpc) is 2.33. The zero-order valence-electron chi connectivity index (χ0n) is 6.20. The van der Waals surface area contributed by atoms with Gasteiger partial charge in [0, 0.05) is 16.9 Å². The van der Waals surface area contributed by atoms with Gasteiger partial charge < -0.3 is 9.67 Å². The zero-order chi connectivity index (χ0) is 9.14. The third kappa shape index (κ3) is 1.94. The summed E-state index contributed by atoms with van der Waals surface area (Å²) >= 11 is 3.14. The van der Waals surface area contributed by atoms with Gasteiger partial charge in [0.25, 0.3) is 0 Å². The zero-order valence-corrected chi connectivity index (χ0v) is 7.78. The second-order valence-electron chi connectivity index (χ2n) is 2.20. The highest BCUT2D eigenvalue weighted by Crippen LogP contribution is 2.07. The lowest BCUT2D eigenvalue weighted by Crippen LogP contribution is -2.09. The Morgan fingerprint density at radius 2 is 2.50 bits per heavy atom. The SMILES string of the molecule is C=C(Br)Cn1ccnc1C(=O)O. The fraction of sp³-hybridized carbons (Fsp3) is 0.143. The van der Waals surface area contributed by atoms with Crippen LogP contribution in [0.15, 0.2) is 23.5 Å². The molecule has 0 aliphatic rings. The van der Waals surface area contributed by atoms with E-state index in [0.717, 1.165) is 0 Å². The summed E-state index contributed by atoms with van der Waals surface area (Å²) in [5, 5.41) is 8.64. The molecular weight excluding hydrogens is 224 g/mol. The molecule has 1 N–H and O–H groups in total. The minimum absolute atomic E-state index is 0.0237. The molecule has 0 atom stereocenters. The van der Waals surface area contributed by atoms with Crippen LogP contribution < -0.4 is 0 Å². The van der Waals surface area contributed by atoms with Crippen LogP contribution in [-0.2, 0) is 6.54 Å². The number of aromatic carboxylic acids is 1. The maximum Gasteiger partial charge on any atom is 0.372 e. The molecule has 0 amide bonds. The summed E-state index contributed by atoms with van der Waals surface area (Å²) in [5.41, 5.74) is 0. The molecule has 0 aromatic carbocycles. The van der Waals surface area contributed by atoms with Crippen molar-refractivity contribution in [3.05, 3.63) is 29.3 Å². The summed E-state index contributed by atoms with van der Waals surface area (Å²) in [5.74, 6) is -1.01. The first-order chi connectivity index (χ1) is 5.61. The Hall–Kier alpha value is -1.10. The Bertz CT molecular complexity index is 319. The van der Waals surface area contributed by atoms with E-state index in [-0.39, 0.29) is 5.82 Å². The van der Waals surface area contributed by atoms with Crippen LogP contribution in [0.4, 0.5) is 0 Å². The first kappa shape index (κ1) is 8.99. The highest BCUT2D eigenvalue weighted by Gasteiger charge is 2.09. The number of hydrogen-bond donors (Lipinski definition) is 1. The van der Waals surface area contributed by atoms with Crippen molar-refractivity contribution in [1.29, 1.82) is 0 Å². The number of carbonyl (C=O) groups is 1. The van der Waals surface area contributed by atoms with Gasteiger partial charge in [-0.2, -0.15) is 0 Å². The second-order valence-corrected chi connectivity index (χ2v) is 3.32. The molecule has 0 saturated heterocycles. The number of rotatable bonds is 3. The topological polar surface area (TPSA) is 55.1 Å². The van der Waals surface area contributed by atoms with Gasteiger partial charge in [0.15, 0.2) is 0 Å². The molecular formula is C7H7BrN2O2. The lowest BCUT2D eigenvalue weighted by molar-refractivity contribution is 0.0679. The number of halogens is 1. The molecule has 0 aliphatic heterocycles. The summed E-state index contributed by atoms with van der Waals surface area (Å²) < 4.78 is 2.21.